The Balaban J connectivity index is 0.000000285. The Labute approximate surface area is 583 Å². The summed E-state index contributed by atoms with van der Waals surface area (Å²) >= 11 is 0. The van der Waals surface area contributed by atoms with Gasteiger partial charge in [-0.2, -0.15) is 0 Å². The van der Waals surface area contributed by atoms with Gasteiger partial charge in [-0.3, -0.25) is 14.4 Å². The maximum absolute atomic E-state index is 12.9. The molecule has 3 aliphatic rings. The van der Waals surface area contributed by atoms with E-state index in [9.17, 15) is 24.0 Å². The number of likely N-dealkylation sites (tertiary alicyclic amines) is 2. The number of carbonyl (C=O) groups is 5. The summed E-state index contributed by atoms with van der Waals surface area (Å²) in [7, 11) is 6.57. The van der Waals surface area contributed by atoms with Crippen molar-refractivity contribution in [1.29, 1.82) is 0 Å². The number of nitrogens with zero attached hydrogens (tertiary/aromatic N) is 2. The van der Waals surface area contributed by atoms with Crippen molar-refractivity contribution in [2.45, 2.75) is 149 Å². The molecule has 0 aliphatic carbocycles. The van der Waals surface area contributed by atoms with E-state index < -0.39 is 35.2 Å². The Hall–Kier alpha value is -7.69. The van der Waals surface area contributed by atoms with E-state index in [0.29, 0.717) is 98.6 Å². The van der Waals surface area contributed by atoms with Crippen molar-refractivity contribution in [3.8, 4) is 23.0 Å². The summed E-state index contributed by atoms with van der Waals surface area (Å²) < 4.78 is 69.8. The standard InChI is InChI=1S/2C23H35NO6.C18H27NO4.C13H16O2/c2*1-7-28-21(25)20-16(2)24(22(26)30-23(3,4)5)12-11-19(20)17-9-8-10-18(15-17)29-14-13-27-6;1-4-22-18(20)17-13(2)19-9-8-16(17)14-6-5-7-15(12-14)23-11-10-21-3;1-3-4-6-12-7-5-8-13(11-12)15-10-9-14-2/h2*8-10,15-16,19-20H,7,11-14H2,1-6H3;5-7,12-13,16-17,19H,4,8-11H2,1-3H3;3-8,11H,1,9-10H2,2H3/b;;;6-4+/t16-,19+,20+;16-,19+,20-;13-,16+,17+;/m000./s1. The van der Waals surface area contributed by atoms with Gasteiger partial charge in [-0.05, 0) is 180 Å². The van der Waals surface area contributed by atoms with Crippen LogP contribution in [0.1, 0.15) is 142 Å². The van der Waals surface area contributed by atoms with E-state index in [4.69, 9.17) is 61.6 Å². The molecule has 0 bridgehead atoms. The number of carbonyl (C=O) groups excluding carboxylic acids is 5. The third kappa shape index (κ3) is 27.9. The van der Waals surface area contributed by atoms with Crippen LogP contribution >= 0.6 is 0 Å². The third-order valence-electron chi connectivity index (χ3n) is 16.4. The number of hydrogen-bond acceptors (Lipinski definition) is 19. The van der Waals surface area contributed by atoms with Crippen LogP contribution in [0.3, 0.4) is 0 Å². The lowest BCUT2D eigenvalue weighted by atomic mass is 9.76. The maximum atomic E-state index is 12.9. The van der Waals surface area contributed by atoms with Gasteiger partial charge in [0.1, 0.15) is 60.6 Å². The first-order valence-electron chi connectivity index (χ1n) is 34.3. The van der Waals surface area contributed by atoms with Gasteiger partial charge in [-0.25, -0.2) is 9.59 Å². The number of piperidine rings is 3. The maximum Gasteiger partial charge on any atom is 0.410 e. The van der Waals surface area contributed by atoms with Crippen LogP contribution in [0.25, 0.3) is 6.08 Å². The van der Waals surface area contributed by atoms with Crippen molar-refractivity contribution >= 4 is 36.2 Å². The summed E-state index contributed by atoms with van der Waals surface area (Å²) in [6.07, 6.45) is 7.00. The fourth-order valence-corrected chi connectivity index (χ4v) is 12.0. The Morgan fingerprint density at radius 1 is 0.480 bits per heavy atom. The molecule has 7 rings (SSSR count). The van der Waals surface area contributed by atoms with Crippen LogP contribution < -0.4 is 24.3 Å². The van der Waals surface area contributed by atoms with Crippen molar-refractivity contribution in [3.63, 3.8) is 0 Å². The number of methoxy groups -OCH3 is 4. The van der Waals surface area contributed by atoms with E-state index >= 15 is 0 Å². The molecule has 21 heteroatoms. The zero-order valence-corrected chi connectivity index (χ0v) is 61.1. The van der Waals surface area contributed by atoms with E-state index in [0.717, 1.165) is 58.2 Å². The molecule has 98 heavy (non-hydrogen) atoms. The molecule has 9 atom stereocenters. The second-order valence-electron chi connectivity index (χ2n) is 25.8. The molecule has 2 amide bonds. The van der Waals surface area contributed by atoms with Crippen molar-refractivity contribution in [1.82, 2.24) is 15.1 Å². The second-order valence-corrected chi connectivity index (χ2v) is 25.8. The van der Waals surface area contributed by atoms with Crippen LogP contribution in [0.2, 0.25) is 0 Å². The number of allylic oxidation sites excluding steroid dienone is 2. The summed E-state index contributed by atoms with van der Waals surface area (Å²) in [6, 6.07) is 30.8. The molecule has 544 valence electrons. The average Bonchev–Trinajstić information content (AvgIpc) is 0.793. The summed E-state index contributed by atoms with van der Waals surface area (Å²) in [5.74, 6) is 1.27. The highest BCUT2D eigenvalue weighted by atomic mass is 16.6. The first kappa shape index (κ1) is 82.7. The van der Waals surface area contributed by atoms with E-state index in [2.05, 4.69) is 18.0 Å². The van der Waals surface area contributed by atoms with E-state index in [-0.39, 0.29) is 59.7 Å². The fraction of sp³-hybridized carbons (Fsp3) is 0.571. The molecule has 0 spiro atoms. The van der Waals surface area contributed by atoms with Crippen LogP contribution in [-0.2, 0) is 57.0 Å². The van der Waals surface area contributed by atoms with Gasteiger partial charge in [0.05, 0.1) is 64.0 Å². The first-order valence-corrected chi connectivity index (χ1v) is 34.3. The quantitative estimate of drug-likeness (QED) is 0.0253. The minimum atomic E-state index is -0.596. The molecule has 0 radical (unpaired) electrons. The monoisotopic (exact) mass is 1370 g/mol. The number of benzene rings is 4. The molecule has 3 saturated heterocycles. The normalized spacial score (nSPS) is 20.6. The minimum Gasteiger partial charge on any atom is -0.491 e. The van der Waals surface area contributed by atoms with E-state index in [1.54, 1.807) is 58.2 Å². The Bertz CT molecular complexity index is 2930. The molecule has 3 heterocycles. The molecular formula is C77H113N3O18. The van der Waals surface area contributed by atoms with Gasteiger partial charge in [0.25, 0.3) is 0 Å². The topological polar surface area (TPSA) is 224 Å². The van der Waals surface area contributed by atoms with Crippen molar-refractivity contribution < 1.29 is 85.6 Å². The zero-order valence-electron chi connectivity index (χ0n) is 61.1. The number of ether oxygens (including phenoxy) is 13. The summed E-state index contributed by atoms with van der Waals surface area (Å²) in [5.41, 5.74) is 3.04. The van der Waals surface area contributed by atoms with Gasteiger partial charge in [-0.15, -0.1) is 0 Å². The van der Waals surface area contributed by atoms with Crippen LogP contribution in [0, 0.1) is 17.8 Å². The summed E-state index contributed by atoms with van der Waals surface area (Å²) in [4.78, 5) is 66.9. The van der Waals surface area contributed by atoms with Crippen LogP contribution in [0.15, 0.2) is 116 Å². The highest BCUT2D eigenvalue weighted by Gasteiger charge is 2.46. The lowest BCUT2D eigenvalue weighted by molar-refractivity contribution is -0.153. The first-order chi connectivity index (χ1) is 46.9. The largest absolute Gasteiger partial charge is 0.491 e. The predicted molar refractivity (Wildman–Crippen MR) is 379 cm³/mol. The van der Waals surface area contributed by atoms with Crippen LogP contribution in [0.4, 0.5) is 9.59 Å². The van der Waals surface area contributed by atoms with Crippen molar-refractivity contribution in [2.75, 3.05) is 121 Å². The number of hydrogen-bond donors (Lipinski definition) is 1. The highest BCUT2D eigenvalue weighted by Crippen LogP contribution is 2.42. The minimum absolute atomic E-state index is 0.0799. The van der Waals surface area contributed by atoms with E-state index in [1.807, 2.05) is 172 Å². The molecule has 3 fully saturated rings. The lowest BCUT2D eigenvalue weighted by Crippen LogP contribution is -2.53. The number of amides is 2. The molecule has 4 aromatic rings. The average molecular weight is 1370 g/mol. The van der Waals surface area contributed by atoms with Crippen molar-refractivity contribution in [3.05, 3.63) is 138 Å². The molecule has 21 nitrogen and oxygen atoms in total. The smallest absolute Gasteiger partial charge is 0.410 e. The van der Waals surface area contributed by atoms with Crippen molar-refractivity contribution in [2.24, 2.45) is 17.8 Å². The molecular weight excluding hydrogens is 1250 g/mol. The molecule has 0 saturated carbocycles. The highest BCUT2D eigenvalue weighted by molar-refractivity contribution is 5.78. The number of rotatable bonds is 27. The molecule has 1 N–H and O–H groups in total. The number of esters is 3. The molecule has 0 aromatic heterocycles. The lowest BCUT2D eigenvalue weighted by Gasteiger charge is -2.43. The van der Waals surface area contributed by atoms with Gasteiger partial charge in [0, 0.05) is 77.4 Å². The fourth-order valence-electron chi connectivity index (χ4n) is 12.0. The number of nitrogens with one attached hydrogen (secondary N) is 1. The van der Waals surface area contributed by atoms with E-state index in [1.165, 1.54) is 0 Å². The van der Waals surface area contributed by atoms with Gasteiger partial charge >= 0.3 is 30.1 Å². The van der Waals surface area contributed by atoms with Gasteiger partial charge in [0.15, 0.2) is 0 Å². The second kappa shape index (κ2) is 43.7. The van der Waals surface area contributed by atoms with Crippen LogP contribution in [0.5, 0.6) is 23.0 Å². The van der Waals surface area contributed by atoms with Gasteiger partial charge < -0.3 is 76.7 Å². The van der Waals surface area contributed by atoms with Gasteiger partial charge in [-0.1, -0.05) is 73.3 Å². The summed E-state index contributed by atoms with van der Waals surface area (Å²) in [5, 5.41) is 3.38. The molecule has 3 aliphatic heterocycles. The van der Waals surface area contributed by atoms with Gasteiger partial charge in [0.2, 0.25) is 0 Å². The zero-order chi connectivity index (χ0) is 72.2. The predicted octanol–water partition coefficient (Wildman–Crippen LogP) is 13.3. The molecule has 4 aromatic carbocycles. The third-order valence-corrected chi connectivity index (χ3v) is 16.4. The Morgan fingerprint density at radius 2 is 0.816 bits per heavy atom. The Morgan fingerprint density at radius 3 is 1.15 bits per heavy atom. The molecule has 0 unspecified atom stereocenters. The summed E-state index contributed by atoms with van der Waals surface area (Å²) in [6.45, 7) is 32.9. The van der Waals surface area contributed by atoms with Crippen LogP contribution in [-0.4, -0.2) is 190 Å². The SMILES string of the molecule is C=C/C=C/c1cccc(OCCOC)c1.CCOC(=O)[C@@H]1[C@@H](c2cccc(OCCOC)c2)CCN(C(=O)OC(C)(C)C)[C@H]1C.CCOC(=O)[C@@H]1[C@H](C)NCC[C@@H]1c1cccc(OCCOC)c1.CCOC(=O)[C@H]1[C@@H](c2cccc(OCCOC)c2)CCN(C(=O)OC(C)(C)C)[C@H]1C. The Kier molecular flexibility index (Phi) is 36.9.